The van der Waals surface area contributed by atoms with Crippen LogP contribution in [0.4, 0.5) is 5.69 Å². The van der Waals surface area contributed by atoms with Gasteiger partial charge in [-0.05, 0) is 53.2 Å². The van der Waals surface area contributed by atoms with Crippen LogP contribution in [0.2, 0.25) is 0 Å². The van der Waals surface area contributed by atoms with Gasteiger partial charge in [-0.2, -0.15) is 5.26 Å². The number of hydrogen-bond acceptors (Lipinski definition) is 1. The lowest BCUT2D eigenvalue weighted by molar-refractivity contribution is 1.09. The predicted molar refractivity (Wildman–Crippen MR) is 164 cm³/mol. The summed E-state index contributed by atoms with van der Waals surface area (Å²) in [4.78, 5) is 3.78. The Hall–Kier alpha value is -5.84. The molecule has 2 heterocycles. The van der Waals surface area contributed by atoms with Crippen LogP contribution in [0.25, 0.3) is 70.6 Å². The van der Waals surface area contributed by atoms with Gasteiger partial charge in [0.05, 0.1) is 45.6 Å². The van der Waals surface area contributed by atoms with Crippen LogP contribution in [-0.2, 0) is 0 Å². The van der Waals surface area contributed by atoms with Gasteiger partial charge < -0.3 is 9.13 Å². The number of nitriles is 1. The molecule has 6 aromatic carbocycles. The van der Waals surface area contributed by atoms with Gasteiger partial charge in [-0.1, -0.05) is 78.9 Å². The summed E-state index contributed by atoms with van der Waals surface area (Å²) in [7, 11) is 0. The van der Waals surface area contributed by atoms with Gasteiger partial charge in [-0.3, -0.25) is 0 Å². The third-order valence-corrected chi connectivity index (χ3v) is 7.91. The lowest BCUT2D eigenvalue weighted by atomic mass is 10.1. The molecule has 0 N–H and O–H groups in total. The molecule has 0 bridgehead atoms. The Morgan fingerprint density at radius 3 is 1.68 bits per heavy atom. The predicted octanol–water partition coefficient (Wildman–Crippen LogP) is 9.46. The van der Waals surface area contributed by atoms with E-state index in [-0.39, 0.29) is 0 Å². The van der Waals surface area contributed by atoms with Crippen LogP contribution < -0.4 is 0 Å². The van der Waals surface area contributed by atoms with Gasteiger partial charge >= 0.3 is 0 Å². The Bertz CT molecular complexity index is 2350. The van der Waals surface area contributed by atoms with E-state index in [1.165, 1.54) is 5.39 Å². The maximum atomic E-state index is 10.5. The van der Waals surface area contributed by atoms with Crippen molar-refractivity contribution in [2.24, 2.45) is 0 Å². The van der Waals surface area contributed by atoms with Crippen molar-refractivity contribution >= 4 is 60.1 Å². The van der Waals surface area contributed by atoms with Gasteiger partial charge in [0.15, 0.2) is 5.69 Å². The summed E-state index contributed by atoms with van der Waals surface area (Å²) >= 11 is 0. The largest absolute Gasteiger partial charge is 0.308 e. The Morgan fingerprint density at radius 1 is 0.550 bits per heavy atom. The third kappa shape index (κ3) is 2.99. The van der Waals surface area contributed by atoms with E-state index in [1.54, 1.807) is 6.07 Å². The van der Waals surface area contributed by atoms with Crippen molar-refractivity contribution in [3.63, 3.8) is 0 Å². The van der Waals surface area contributed by atoms with Gasteiger partial charge in [0.2, 0.25) is 0 Å². The fourth-order valence-corrected chi connectivity index (χ4v) is 6.24. The molecule has 4 nitrogen and oxygen atoms in total. The van der Waals surface area contributed by atoms with Gasteiger partial charge in [-0.15, -0.1) is 0 Å². The number of hydrogen-bond donors (Lipinski definition) is 0. The molecule has 8 aromatic rings. The van der Waals surface area contributed by atoms with E-state index in [2.05, 4.69) is 98.9 Å². The van der Waals surface area contributed by atoms with Crippen molar-refractivity contribution in [3.8, 4) is 17.4 Å². The number of rotatable bonds is 2. The number of nitrogens with zero attached hydrogens (tertiary/aromatic N) is 4. The van der Waals surface area contributed by atoms with Crippen molar-refractivity contribution in [3.05, 3.63) is 138 Å². The molecule has 0 aliphatic heterocycles. The Labute approximate surface area is 230 Å². The van der Waals surface area contributed by atoms with Crippen molar-refractivity contribution < 1.29 is 0 Å². The monoisotopic (exact) mass is 508 g/mol. The first-order valence-electron chi connectivity index (χ1n) is 13.1. The smallest absolute Gasteiger partial charge is 0.190 e. The summed E-state index contributed by atoms with van der Waals surface area (Å²) in [6, 6.07) is 43.9. The molecule has 2 aromatic heterocycles. The maximum Gasteiger partial charge on any atom is 0.190 e. The minimum Gasteiger partial charge on any atom is -0.308 e. The van der Waals surface area contributed by atoms with E-state index in [0.717, 1.165) is 60.4 Å². The minimum atomic E-state index is 0.433. The third-order valence-electron chi connectivity index (χ3n) is 7.91. The molecule has 0 unspecified atom stereocenters. The van der Waals surface area contributed by atoms with Crippen molar-refractivity contribution in [2.45, 2.75) is 0 Å². The standard InChI is InChI=1S/C36H20N4/c1-38-26-18-25(22-37)36(40-32-16-8-4-12-27(32)28-13-5-9-17-33(28)40)35(21-26)39-31-15-7-6-14-29(31)30-19-23-10-2-3-11-24(23)20-34(30)39/h2-21H. The highest BCUT2D eigenvalue weighted by Gasteiger charge is 2.22. The first-order valence-corrected chi connectivity index (χ1v) is 13.1. The van der Waals surface area contributed by atoms with Crippen molar-refractivity contribution in [2.75, 3.05) is 0 Å². The molecule has 0 aliphatic rings. The Balaban J connectivity index is 1.62. The normalized spacial score (nSPS) is 11.4. The first-order chi connectivity index (χ1) is 19.8. The van der Waals surface area contributed by atoms with Gasteiger partial charge in [0, 0.05) is 21.5 Å². The summed E-state index contributed by atoms with van der Waals surface area (Å²) in [5.41, 5.74) is 6.56. The lowest BCUT2D eigenvalue weighted by Gasteiger charge is -2.19. The molecular weight excluding hydrogens is 488 g/mol. The van der Waals surface area contributed by atoms with Crippen molar-refractivity contribution in [1.82, 2.24) is 9.13 Å². The van der Waals surface area contributed by atoms with E-state index in [9.17, 15) is 5.26 Å². The van der Waals surface area contributed by atoms with Crippen LogP contribution in [0.3, 0.4) is 0 Å². The van der Waals surface area contributed by atoms with Gasteiger partial charge in [0.1, 0.15) is 6.07 Å². The van der Waals surface area contributed by atoms with Crippen LogP contribution in [0.15, 0.2) is 121 Å². The fourth-order valence-electron chi connectivity index (χ4n) is 6.24. The zero-order chi connectivity index (χ0) is 26.8. The number of benzene rings is 6. The quantitative estimate of drug-likeness (QED) is 0.214. The summed E-state index contributed by atoms with van der Waals surface area (Å²) < 4.78 is 4.42. The number of aromatic nitrogens is 2. The average molecular weight is 509 g/mol. The zero-order valence-electron chi connectivity index (χ0n) is 21.3. The summed E-state index contributed by atoms with van der Waals surface area (Å²) in [5.74, 6) is 0. The molecule has 0 saturated carbocycles. The summed E-state index contributed by atoms with van der Waals surface area (Å²) in [6.07, 6.45) is 0. The molecule has 0 spiro atoms. The summed E-state index contributed by atoms with van der Waals surface area (Å²) in [5, 5.41) is 17.3. The van der Waals surface area contributed by atoms with Crippen LogP contribution in [-0.4, -0.2) is 9.13 Å². The fraction of sp³-hybridized carbons (Fsp3) is 0. The molecule has 184 valence electrons. The second kappa shape index (κ2) is 8.33. The second-order valence-electron chi connectivity index (χ2n) is 10.0. The highest BCUT2D eigenvalue weighted by molar-refractivity contribution is 6.14. The van der Waals surface area contributed by atoms with Gasteiger partial charge in [0.25, 0.3) is 0 Å². The van der Waals surface area contributed by atoms with Crippen LogP contribution >= 0.6 is 0 Å². The average Bonchev–Trinajstić information content (AvgIpc) is 3.51. The molecule has 0 radical (unpaired) electrons. The Kier molecular flexibility index (Phi) is 4.62. The molecule has 40 heavy (non-hydrogen) atoms. The molecule has 0 fully saturated rings. The van der Waals surface area contributed by atoms with E-state index in [4.69, 9.17) is 6.57 Å². The van der Waals surface area contributed by atoms with Crippen LogP contribution in [0.1, 0.15) is 5.56 Å². The molecular formula is C36H20N4. The molecule has 8 rings (SSSR count). The molecule has 0 amide bonds. The van der Waals surface area contributed by atoms with Gasteiger partial charge in [-0.25, -0.2) is 4.85 Å². The molecule has 0 atom stereocenters. The Morgan fingerprint density at radius 2 is 1.07 bits per heavy atom. The zero-order valence-corrected chi connectivity index (χ0v) is 21.3. The number of para-hydroxylation sites is 3. The topological polar surface area (TPSA) is 38.0 Å². The second-order valence-corrected chi connectivity index (χ2v) is 10.0. The van der Waals surface area contributed by atoms with Crippen LogP contribution in [0, 0.1) is 17.9 Å². The molecule has 0 saturated heterocycles. The van der Waals surface area contributed by atoms with Crippen molar-refractivity contribution in [1.29, 1.82) is 5.26 Å². The maximum absolute atomic E-state index is 10.5. The van der Waals surface area contributed by atoms with E-state index in [1.807, 2.05) is 36.4 Å². The molecule has 0 aliphatic carbocycles. The van der Waals surface area contributed by atoms with E-state index < -0.39 is 0 Å². The lowest BCUT2D eigenvalue weighted by Crippen LogP contribution is -2.06. The molecule has 4 heteroatoms. The summed E-state index contributed by atoms with van der Waals surface area (Å²) in [6.45, 7) is 7.88. The highest BCUT2D eigenvalue weighted by atomic mass is 15.1. The number of fused-ring (bicyclic) bond motifs is 7. The SMILES string of the molecule is [C-]#[N+]c1cc(C#N)c(-n2c3ccccc3c3ccccc32)c(-n2c3ccccc3c3cc4ccccc4cc32)c1. The van der Waals surface area contributed by atoms with E-state index >= 15 is 0 Å². The van der Waals surface area contributed by atoms with E-state index in [0.29, 0.717) is 11.3 Å². The minimum absolute atomic E-state index is 0.433. The highest BCUT2D eigenvalue weighted by Crippen LogP contribution is 2.41. The first kappa shape index (κ1) is 22.2. The van der Waals surface area contributed by atoms with Crippen LogP contribution in [0.5, 0.6) is 0 Å².